The van der Waals surface area contributed by atoms with E-state index in [4.69, 9.17) is 9.97 Å². The van der Waals surface area contributed by atoms with Crippen LogP contribution in [0.25, 0.3) is 44.1 Å². The Kier molecular flexibility index (Phi) is 7.49. The number of rotatable bonds is 4. The molecule has 270 valence electrons. The van der Waals surface area contributed by atoms with Crippen molar-refractivity contribution in [3.05, 3.63) is 186 Å². The summed E-state index contributed by atoms with van der Waals surface area (Å²) in [7, 11) is 0. The van der Waals surface area contributed by atoms with Crippen LogP contribution >= 0.6 is 0 Å². The molecule has 0 saturated heterocycles. The summed E-state index contributed by atoms with van der Waals surface area (Å²) >= 11 is 0. The Hall–Kier alpha value is -6.98. The molecule has 4 heterocycles. The Labute approximate surface area is 333 Å². The molecule has 0 fully saturated rings. The van der Waals surface area contributed by atoms with Crippen molar-refractivity contribution in [2.45, 2.75) is 27.7 Å². The van der Waals surface area contributed by atoms with Gasteiger partial charge in [0.15, 0.2) is 0 Å². The average Bonchev–Trinajstić information content (AvgIpc) is 3.24. The summed E-state index contributed by atoms with van der Waals surface area (Å²) in [5, 5.41) is 4.65. The Morgan fingerprint density at radius 3 is 1.23 bits per heavy atom. The van der Waals surface area contributed by atoms with Gasteiger partial charge in [-0.1, -0.05) is 115 Å². The minimum atomic E-state index is -0.0526. The van der Waals surface area contributed by atoms with Crippen molar-refractivity contribution in [3.8, 4) is 22.5 Å². The van der Waals surface area contributed by atoms with Crippen molar-refractivity contribution in [3.63, 3.8) is 0 Å². The van der Waals surface area contributed by atoms with Gasteiger partial charge in [-0.15, -0.1) is 0 Å². The molecule has 0 aliphatic carbocycles. The molecule has 4 nitrogen and oxygen atoms in total. The lowest BCUT2D eigenvalue weighted by Gasteiger charge is -2.45. The number of benzene rings is 7. The first kappa shape index (κ1) is 33.4. The third kappa shape index (κ3) is 5.15. The standard InChI is InChI=1S/C52H39BN4/c1-32-12-9-13-33(2)51(32)56-46-24-22-38(44-28-36-16-5-7-18-40(36)30-54-44)26-42(46)53-43-27-39(45-29-37-17-6-8-19-41(37)31-55-45)23-25-47(43)57(49-21-11-20-48(56)50(49)53)52-34(3)14-10-15-35(52)4/h5-31H,1-4H3. The highest BCUT2D eigenvalue weighted by atomic mass is 15.2. The number of para-hydroxylation sites is 2. The van der Waals surface area contributed by atoms with Crippen molar-refractivity contribution >= 4 is 78.8 Å². The van der Waals surface area contributed by atoms with Gasteiger partial charge >= 0.3 is 0 Å². The molecular weight excluding hydrogens is 691 g/mol. The van der Waals surface area contributed by atoms with Crippen LogP contribution in [0, 0.1) is 27.7 Å². The second-order valence-corrected chi connectivity index (χ2v) is 15.7. The van der Waals surface area contributed by atoms with Crippen LogP contribution in [-0.2, 0) is 0 Å². The summed E-state index contributed by atoms with van der Waals surface area (Å²) in [5.41, 5.74) is 20.2. The number of aryl methyl sites for hydroxylation is 4. The van der Waals surface area contributed by atoms with Crippen molar-refractivity contribution in [1.29, 1.82) is 0 Å². The largest absolute Gasteiger partial charge is 0.311 e. The normalized spacial score (nSPS) is 12.8. The van der Waals surface area contributed by atoms with Crippen LogP contribution in [0.2, 0.25) is 0 Å². The van der Waals surface area contributed by atoms with Gasteiger partial charge in [0.25, 0.3) is 6.71 Å². The van der Waals surface area contributed by atoms with Crippen molar-refractivity contribution in [2.75, 3.05) is 9.80 Å². The van der Waals surface area contributed by atoms with E-state index in [1.54, 1.807) is 0 Å². The van der Waals surface area contributed by atoms with Gasteiger partial charge in [0.1, 0.15) is 0 Å². The minimum absolute atomic E-state index is 0.0526. The Morgan fingerprint density at radius 1 is 0.386 bits per heavy atom. The maximum Gasteiger partial charge on any atom is 0.252 e. The van der Waals surface area contributed by atoms with E-state index in [9.17, 15) is 0 Å². The minimum Gasteiger partial charge on any atom is -0.311 e. The number of fused-ring (bicyclic) bond motifs is 6. The fourth-order valence-corrected chi connectivity index (χ4v) is 9.54. The van der Waals surface area contributed by atoms with E-state index >= 15 is 0 Å². The summed E-state index contributed by atoms with van der Waals surface area (Å²) in [6.45, 7) is 8.88. The summed E-state index contributed by atoms with van der Waals surface area (Å²) < 4.78 is 0. The first-order chi connectivity index (χ1) is 27.9. The van der Waals surface area contributed by atoms with Crippen LogP contribution < -0.4 is 26.2 Å². The monoisotopic (exact) mass is 730 g/mol. The fourth-order valence-electron chi connectivity index (χ4n) is 9.54. The van der Waals surface area contributed by atoms with Crippen LogP contribution in [0.1, 0.15) is 22.3 Å². The zero-order valence-corrected chi connectivity index (χ0v) is 32.5. The molecule has 2 aliphatic heterocycles. The van der Waals surface area contributed by atoms with Gasteiger partial charge in [-0.05, 0) is 125 Å². The molecule has 0 radical (unpaired) electrons. The van der Waals surface area contributed by atoms with Crippen molar-refractivity contribution in [1.82, 2.24) is 9.97 Å². The lowest BCUT2D eigenvalue weighted by atomic mass is 9.33. The number of anilines is 6. The lowest BCUT2D eigenvalue weighted by molar-refractivity contribution is 1.20. The average molecular weight is 731 g/mol. The van der Waals surface area contributed by atoms with E-state index in [2.05, 4.69) is 189 Å². The lowest BCUT2D eigenvalue weighted by Crippen LogP contribution is -2.61. The molecule has 7 aromatic carbocycles. The highest BCUT2D eigenvalue weighted by Crippen LogP contribution is 2.47. The topological polar surface area (TPSA) is 32.3 Å². The summed E-state index contributed by atoms with van der Waals surface area (Å²) in [5.74, 6) is 0. The second kappa shape index (κ2) is 12.8. The smallest absolute Gasteiger partial charge is 0.252 e. The molecule has 0 atom stereocenters. The van der Waals surface area contributed by atoms with Crippen LogP contribution in [0.3, 0.4) is 0 Å². The van der Waals surface area contributed by atoms with Gasteiger partial charge in [-0.25, -0.2) is 0 Å². The first-order valence-corrected chi connectivity index (χ1v) is 19.8. The van der Waals surface area contributed by atoms with Crippen LogP contribution in [0.5, 0.6) is 0 Å². The molecule has 2 aromatic heterocycles. The molecule has 0 saturated carbocycles. The maximum absolute atomic E-state index is 5.02. The summed E-state index contributed by atoms with van der Waals surface area (Å²) in [4.78, 5) is 15.1. The van der Waals surface area contributed by atoms with Gasteiger partial charge in [-0.3, -0.25) is 9.97 Å². The van der Waals surface area contributed by atoms with E-state index in [0.29, 0.717) is 0 Å². The van der Waals surface area contributed by atoms with Crippen LogP contribution in [-0.4, -0.2) is 16.7 Å². The van der Waals surface area contributed by atoms with E-state index in [1.807, 2.05) is 12.4 Å². The van der Waals surface area contributed by atoms with E-state index in [1.165, 1.54) is 83.5 Å². The molecule has 0 N–H and O–H groups in total. The fraction of sp³-hybridized carbons (Fsp3) is 0.0769. The number of nitrogens with zero attached hydrogens (tertiary/aromatic N) is 4. The summed E-state index contributed by atoms with van der Waals surface area (Å²) in [6.07, 6.45) is 4.00. The molecular formula is C52H39BN4. The van der Waals surface area contributed by atoms with Crippen molar-refractivity contribution < 1.29 is 0 Å². The van der Waals surface area contributed by atoms with Crippen LogP contribution in [0.15, 0.2) is 164 Å². The Balaban J connectivity index is 1.23. The molecule has 0 spiro atoms. The molecule has 9 aromatic rings. The van der Waals surface area contributed by atoms with Crippen LogP contribution in [0.4, 0.5) is 34.1 Å². The number of hydrogen-bond donors (Lipinski definition) is 0. The molecule has 5 heteroatoms. The van der Waals surface area contributed by atoms with Gasteiger partial charge in [0.05, 0.1) is 22.8 Å². The second-order valence-electron chi connectivity index (χ2n) is 15.7. The number of hydrogen-bond acceptors (Lipinski definition) is 4. The molecule has 0 unspecified atom stereocenters. The van der Waals surface area contributed by atoms with Crippen molar-refractivity contribution in [2.24, 2.45) is 0 Å². The predicted molar refractivity (Wildman–Crippen MR) is 241 cm³/mol. The maximum atomic E-state index is 5.02. The van der Waals surface area contributed by atoms with Gasteiger partial charge in [0.2, 0.25) is 0 Å². The Bertz CT molecular complexity index is 2870. The van der Waals surface area contributed by atoms with Gasteiger partial charge in [0, 0.05) is 45.9 Å². The highest BCUT2D eigenvalue weighted by Gasteiger charge is 2.44. The zero-order valence-electron chi connectivity index (χ0n) is 32.5. The quantitative estimate of drug-likeness (QED) is 0.169. The van der Waals surface area contributed by atoms with E-state index in [0.717, 1.165) is 33.3 Å². The van der Waals surface area contributed by atoms with Gasteiger partial charge in [-0.2, -0.15) is 0 Å². The first-order valence-electron chi connectivity index (χ1n) is 19.8. The van der Waals surface area contributed by atoms with Gasteiger partial charge < -0.3 is 9.80 Å². The molecule has 11 rings (SSSR count). The number of aromatic nitrogens is 2. The molecule has 0 amide bonds. The SMILES string of the molecule is Cc1cccc(C)c1N1c2ccc(-c3cc4ccccc4cn3)cc2B2c3cc(-c4cc5ccccc5cn4)ccc3N(c3c(C)cccc3C)c3cccc1c32. The third-order valence-electron chi connectivity index (χ3n) is 12.2. The third-order valence-corrected chi connectivity index (χ3v) is 12.2. The number of pyridine rings is 2. The predicted octanol–water partition coefficient (Wildman–Crippen LogP) is 11.4. The van der Waals surface area contributed by atoms with E-state index < -0.39 is 0 Å². The molecule has 0 bridgehead atoms. The zero-order chi connectivity index (χ0) is 38.4. The molecule has 2 aliphatic rings. The highest BCUT2D eigenvalue weighted by molar-refractivity contribution is 7.00. The molecule has 57 heavy (non-hydrogen) atoms. The van der Waals surface area contributed by atoms with E-state index in [-0.39, 0.29) is 6.71 Å². The Morgan fingerprint density at radius 2 is 0.789 bits per heavy atom. The summed E-state index contributed by atoms with van der Waals surface area (Å²) in [6, 6.07) is 55.5.